The summed E-state index contributed by atoms with van der Waals surface area (Å²) in [6.07, 6.45) is 2.18. The Labute approximate surface area is 132 Å². The van der Waals surface area contributed by atoms with Crippen molar-refractivity contribution in [1.82, 2.24) is 9.97 Å². The van der Waals surface area contributed by atoms with Crippen LogP contribution in [0.3, 0.4) is 0 Å². The predicted octanol–water partition coefficient (Wildman–Crippen LogP) is 3.18. The molecule has 1 aromatic heterocycles. The number of aromatic nitrogens is 2. The quantitative estimate of drug-likeness (QED) is 0.747. The summed E-state index contributed by atoms with van der Waals surface area (Å²) in [7, 11) is 4.88. The van der Waals surface area contributed by atoms with E-state index in [9.17, 15) is 0 Å². The molecule has 0 amide bonds. The monoisotopic (exact) mass is 352 g/mol. The molecule has 2 rings (SSSR count). The molecule has 112 valence electrons. The van der Waals surface area contributed by atoms with E-state index in [1.165, 1.54) is 6.33 Å². The average molecular weight is 353 g/mol. The molecule has 0 radical (unpaired) electrons. The Morgan fingerprint density at radius 2 is 1.86 bits per heavy atom. The maximum Gasteiger partial charge on any atom is 0.216 e. The summed E-state index contributed by atoms with van der Waals surface area (Å²) in [5.41, 5.74) is 1.89. The minimum Gasteiger partial charge on any atom is -0.497 e. The van der Waals surface area contributed by atoms with Crippen LogP contribution >= 0.6 is 15.9 Å². The fourth-order valence-electron chi connectivity index (χ4n) is 1.98. The van der Waals surface area contributed by atoms with E-state index >= 15 is 0 Å². The van der Waals surface area contributed by atoms with Crippen molar-refractivity contribution in [2.45, 2.75) is 11.2 Å². The predicted molar refractivity (Wildman–Crippen MR) is 83.5 cm³/mol. The summed E-state index contributed by atoms with van der Waals surface area (Å²) in [5, 5.41) is 0. The molecule has 0 saturated carbocycles. The molecule has 6 heteroatoms. The molecular formula is C15H17BrN2O3. The van der Waals surface area contributed by atoms with Crippen LogP contribution in [0.1, 0.15) is 16.1 Å². The molecule has 1 aromatic carbocycles. The lowest BCUT2D eigenvalue weighted by atomic mass is 10.1. The van der Waals surface area contributed by atoms with Gasteiger partial charge in [0.2, 0.25) is 5.88 Å². The second-order valence-corrected chi connectivity index (χ2v) is 5.44. The molecule has 1 unspecified atom stereocenters. The number of benzene rings is 1. The molecule has 21 heavy (non-hydrogen) atoms. The van der Waals surface area contributed by atoms with E-state index in [1.807, 2.05) is 24.3 Å². The van der Waals surface area contributed by atoms with Gasteiger partial charge >= 0.3 is 0 Å². The molecule has 1 heterocycles. The van der Waals surface area contributed by atoms with E-state index < -0.39 is 0 Å². The third kappa shape index (κ3) is 3.85. The minimum absolute atomic E-state index is 0.0437. The van der Waals surface area contributed by atoms with Crippen LogP contribution in [0.2, 0.25) is 0 Å². The molecule has 2 aromatic rings. The number of methoxy groups -OCH3 is 3. The molecule has 0 aliphatic carbocycles. The lowest BCUT2D eigenvalue weighted by Crippen LogP contribution is -2.02. The smallest absolute Gasteiger partial charge is 0.216 e. The van der Waals surface area contributed by atoms with E-state index in [0.29, 0.717) is 12.3 Å². The van der Waals surface area contributed by atoms with Crippen molar-refractivity contribution >= 4 is 15.9 Å². The van der Waals surface area contributed by atoms with Gasteiger partial charge in [0.25, 0.3) is 0 Å². The zero-order valence-corrected chi connectivity index (χ0v) is 13.8. The number of nitrogens with zero attached hydrogens (tertiary/aromatic N) is 2. The summed E-state index contributed by atoms with van der Waals surface area (Å²) in [4.78, 5) is 8.31. The molecule has 0 N–H and O–H groups in total. The molecule has 0 spiro atoms. The van der Waals surface area contributed by atoms with Gasteiger partial charge in [0.15, 0.2) is 0 Å². The zero-order valence-electron chi connectivity index (χ0n) is 12.2. The third-order valence-corrected chi connectivity index (χ3v) is 3.89. The Kier molecular flexibility index (Phi) is 5.38. The Balaban J connectivity index is 2.24. The highest BCUT2D eigenvalue weighted by atomic mass is 79.9. The van der Waals surface area contributed by atoms with Crippen LogP contribution in [0.15, 0.2) is 30.6 Å². The number of rotatable bonds is 6. The number of alkyl halides is 1. The van der Waals surface area contributed by atoms with Crippen molar-refractivity contribution in [3.05, 3.63) is 41.9 Å². The maximum atomic E-state index is 5.41. The number of halogens is 1. The summed E-state index contributed by atoms with van der Waals surface area (Å²) < 4.78 is 15.8. The molecule has 5 nitrogen and oxygen atoms in total. The Hall–Kier alpha value is -1.82. The van der Waals surface area contributed by atoms with Crippen molar-refractivity contribution in [2.24, 2.45) is 0 Å². The van der Waals surface area contributed by atoms with Crippen molar-refractivity contribution < 1.29 is 14.2 Å². The Morgan fingerprint density at radius 3 is 2.52 bits per heavy atom. The fraction of sp³-hybridized carbons (Fsp3) is 0.333. The van der Waals surface area contributed by atoms with Gasteiger partial charge in [0, 0.05) is 28.6 Å². The van der Waals surface area contributed by atoms with E-state index in [2.05, 4.69) is 25.9 Å². The van der Waals surface area contributed by atoms with Crippen molar-refractivity contribution in [3.63, 3.8) is 0 Å². The highest BCUT2D eigenvalue weighted by Gasteiger charge is 2.16. The van der Waals surface area contributed by atoms with Crippen LogP contribution in [0, 0.1) is 0 Å². The van der Waals surface area contributed by atoms with E-state index in [4.69, 9.17) is 14.2 Å². The number of hydrogen-bond donors (Lipinski definition) is 0. The lowest BCUT2D eigenvalue weighted by Gasteiger charge is -2.15. The largest absolute Gasteiger partial charge is 0.497 e. The Morgan fingerprint density at radius 1 is 1.05 bits per heavy atom. The van der Waals surface area contributed by atoms with Gasteiger partial charge in [-0.15, -0.1) is 0 Å². The Bertz CT molecular complexity index is 607. The first-order valence-corrected chi connectivity index (χ1v) is 7.30. The summed E-state index contributed by atoms with van der Waals surface area (Å²) >= 11 is 3.69. The summed E-state index contributed by atoms with van der Waals surface area (Å²) in [6.45, 7) is 0. The highest BCUT2D eigenvalue weighted by Crippen LogP contribution is 2.36. The first-order chi connectivity index (χ1) is 10.2. The first kappa shape index (κ1) is 15.6. The van der Waals surface area contributed by atoms with E-state index in [1.54, 1.807) is 21.3 Å². The summed E-state index contributed by atoms with van der Waals surface area (Å²) in [5.74, 6) is 2.14. The van der Waals surface area contributed by atoms with Crippen LogP contribution in [-0.2, 0) is 6.42 Å². The standard InChI is InChI=1S/C15H17BrN2O3/c1-19-11-4-5-14(20-2)12(8-11)13(16)6-10-7-15(21-3)18-9-17-10/h4-5,7-9,13H,6H2,1-3H3. The topological polar surface area (TPSA) is 53.5 Å². The lowest BCUT2D eigenvalue weighted by molar-refractivity contribution is 0.395. The van der Waals surface area contributed by atoms with Crippen molar-refractivity contribution in [2.75, 3.05) is 21.3 Å². The van der Waals surface area contributed by atoms with Crippen LogP contribution in [-0.4, -0.2) is 31.3 Å². The normalized spacial score (nSPS) is 11.8. The first-order valence-electron chi connectivity index (χ1n) is 6.38. The van der Waals surface area contributed by atoms with Crippen LogP contribution in [0.5, 0.6) is 17.4 Å². The molecule has 0 aliphatic heterocycles. The zero-order chi connectivity index (χ0) is 15.2. The van der Waals surface area contributed by atoms with E-state index in [-0.39, 0.29) is 4.83 Å². The number of hydrogen-bond acceptors (Lipinski definition) is 5. The van der Waals surface area contributed by atoms with Gasteiger partial charge in [0.05, 0.1) is 21.3 Å². The van der Waals surface area contributed by atoms with E-state index in [0.717, 1.165) is 22.8 Å². The van der Waals surface area contributed by atoms with Gasteiger partial charge in [-0.25, -0.2) is 9.97 Å². The number of ether oxygens (including phenoxy) is 3. The average Bonchev–Trinajstić information content (AvgIpc) is 2.54. The molecular weight excluding hydrogens is 336 g/mol. The minimum atomic E-state index is 0.0437. The van der Waals surface area contributed by atoms with Gasteiger partial charge in [0.1, 0.15) is 17.8 Å². The molecule has 0 fully saturated rings. The van der Waals surface area contributed by atoms with Crippen LogP contribution in [0.25, 0.3) is 0 Å². The molecule has 0 aliphatic rings. The van der Waals surface area contributed by atoms with Gasteiger partial charge < -0.3 is 14.2 Å². The second-order valence-electron chi connectivity index (χ2n) is 4.33. The van der Waals surface area contributed by atoms with Gasteiger partial charge in [-0.2, -0.15) is 0 Å². The molecule has 0 bridgehead atoms. The summed E-state index contributed by atoms with van der Waals surface area (Å²) in [6, 6.07) is 7.54. The third-order valence-electron chi connectivity index (χ3n) is 3.07. The van der Waals surface area contributed by atoms with Crippen molar-refractivity contribution in [3.8, 4) is 17.4 Å². The maximum absolute atomic E-state index is 5.41. The fourth-order valence-corrected chi connectivity index (χ4v) is 2.67. The van der Waals surface area contributed by atoms with Crippen molar-refractivity contribution in [1.29, 1.82) is 0 Å². The van der Waals surface area contributed by atoms with Gasteiger partial charge in [-0.3, -0.25) is 0 Å². The van der Waals surface area contributed by atoms with Gasteiger partial charge in [-0.1, -0.05) is 15.9 Å². The van der Waals surface area contributed by atoms with Crippen LogP contribution in [0.4, 0.5) is 0 Å². The SMILES string of the molecule is COc1ccc(OC)c(C(Br)Cc2cc(OC)ncn2)c1. The molecule has 0 saturated heterocycles. The van der Waals surface area contributed by atoms with Gasteiger partial charge in [-0.05, 0) is 18.2 Å². The highest BCUT2D eigenvalue weighted by molar-refractivity contribution is 9.09. The second kappa shape index (κ2) is 7.26. The van der Waals surface area contributed by atoms with Crippen LogP contribution < -0.4 is 14.2 Å². The molecule has 1 atom stereocenters.